The van der Waals surface area contributed by atoms with Crippen LogP contribution in [-0.2, 0) is 4.79 Å². The third kappa shape index (κ3) is 12100. The molecule has 0 aliphatic rings. The molecule has 17 heavy (non-hydrogen) atoms. The maximum Gasteiger partial charge on any atom is 0.327 e. The molecule has 1 N–H and O–H groups in total. The predicted octanol–water partition coefficient (Wildman–Crippen LogP) is 5.00. The van der Waals surface area contributed by atoms with Crippen LogP contribution >= 0.6 is 0 Å². The van der Waals surface area contributed by atoms with Gasteiger partial charge in [-0.1, -0.05) is 23.3 Å². The second kappa shape index (κ2) is 19.9. The molecule has 0 fully saturated rings. The van der Waals surface area contributed by atoms with E-state index in [9.17, 15) is 4.79 Å². The van der Waals surface area contributed by atoms with Gasteiger partial charge in [-0.2, -0.15) is 0 Å². The molecule has 0 aromatic heterocycles. The number of carbonyl (C=O) groups is 1. The van der Waals surface area contributed by atoms with Crippen LogP contribution in [0.3, 0.4) is 0 Å². The van der Waals surface area contributed by atoms with E-state index >= 15 is 0 Å². The molecule has 0 saturated heterocycles. The molecular weight excluding hydrogens is 212 g/mol. The highest BCUT2D eigenvalue weighted by Crippen LogP contribution is 1.74. The van der Waals surface area contributed by atoms with Gasteiger partial charge in [-0.15, -0.1) is 19.7 Å². The topological polar surface area (TPSA) is 37.3 Å². The van der Waals surface area contributed by atoms with Crippen LogP contribution in [0.2, 0.25) is 0 Å². The number of hydrogen-bond acceptors (Lipinski definition) is 1. The maximum absolute atomic E-state index is 9.25. The third-order valence-electron chi connectivity index (χ3n) is 0.175. The van der Waals surface area contributed by atoms with Gasteiger partial charge in [0.05, 0.1) is 0 Å². The summed E-state index contributed by atoms with van der Waals surface area (Å²) >= 11 is 0. The molecule has 0 atom stereocenters. The first-order valence-electron chi connectivity index (χ1n) is 5.19. The van der Waals surface area contributed by atoms with Gasteiger partial charge in [0.15, 0.2) is 0 Å². The standard InChI is InChI=1S/3C4H8.C3H4O2/c3*1-4(2)3;1-2-3(4)5/h3*1H2,2-3H3;2H,1H2,(H,4,5). The van der Waals surface area contributed by atoms with Crippen LogP contribution in [0.15, 0.2) is 49.1 Å². The summed E-state index contributed by atoms with van der Waals surface area (Å²) in [6.07, 6.45) is 0.833. The van der Waals surface area contributed by atoms with Gasteiger partial charge in [0.25, 0.3) is 0 Å². The van der Waals surface area contributed by atoms with Crippen LogP contribution in [-0.4, -0.2) is 11.1 Å². The number of rotatable bonds is 1. The normalized spacial score (nSPS) is 6.47. The van der Waals surface area contributed by atoms with E-state index in [1.807, 2.05) is 41.5 Å². The van der Waals surface area contributed by atoms with E-state index in [0.29, 0.717) is 0 Å². The van der Waals surface area contributed by atoms with Crippen LogP contribution in [0.4, 0.5) is 0 Å². The lowest BCUT2D eigenvalue weighted by Crippen LogP contribution is -1.82. The molecule has 0 aromatic carbocycles. The van der Waals surface area contributed by atoms with Gasteiger partial charge in [-0.25, -0.2) is 4.79 Å². The zero-order valence-corrected chi connectivity index (χ0v) is 12.3. The van der Waals surface area contributed by atoms with Crippen molar-refractivity contribution in [1.82, 2.24) is 0 Å². The lowest BCUT2D eigenvalue weighted by Gasteiger charge is -1.65. The van der Waals surface area contributed by atoms with Crippen molar-refractivity contribution < 1.29 is 9.90 Å². The summed E-state index contributed by atoms with van der Waals surface area (Å²) in [5, 5.41) is 7.60. The number of allylic oxidation sites excluding steroid dienone is 3. The van der Waals surface area contributed by atoms with Gasteiger partial charge >= 0.3 is 5.97 Å². The molecule has 0 aromatic rings. The summed E-state index contributed by atoms with van der Waals surface area (Å²) in [6.45, 7) is 25.5. The Hall–Kier alpha value is -1.57. The molecule has 0 spiro atoms. The van der Waals surface area contributed by atoms with E-state index in [-0.39, 0.29) is 0 Å². The van der Waals surface area contributed by atoms with Crippen LogP contribution in [0.25, 0.3) is 0 Å². The van der Waals surface area contributed by atoms with Crippen molar-refractivity contribution in [3.63, 3.8) is 0 Å². The summed E-state index contributed by atoms with van der Waals surface area (Å²) in [5.41, 5.74) is 3.50. The fourth-order valence-electron chi connectivity index (χ4n) is 0. The molecular formula is C15H28O2. The second-order valence-corrected chi connectivity index (χ2v) is 4.16. The van der Waals surface area contributed by atoms with Crippen molar-refractivity contribution >= 4 is 5.97 Å². The molecule has 0 saturated carbocycles. The number of hydrogen-bond donors (Lipinski definition) is 1. The predicted molar refractivity (Wildman–Crippen MR) is 79.3 cm³/mol. The van der Waals surface area contributed by atoms with Crippen molar-refractivity contribution in [1.29, 1.82) is 0 Å². The van der Waals surface area contributed by atoms with Gasteiger partial charge in [0.2, 0.25) is 0 Å². The molecule has 0 aliphatic heterocycles. The Labute approximate surface area is 107 Å². The van der Waals surface area contributed by atoms with Crippen molar-refractivity contribution in [3.05, 3.63) is 49.1 Å². The summed E-state index contributed by atoms with van der Waals surface area (Å²) in [6, 6.07) is 0. The quantitative estimate of drug-likeness (QED) is 0.517. The first-order chi connectivity index (χ1) is 7.47. The third-order valence-corrected chi connectivity index (χ3v) is 0.175. The average Bonchev–Trinajstić information content (AvgIpc) is 2.00. The first-order valence-corrected chi connectivity index (χ1v) is 5.19. The lowest BCUT2D eigenvalue weighted by molar-refractivity contribution is -0.131. The van der Waals surface area contributed by atoms with Gasteiger partial charge < -0.3 is 5.11 Å². The lowest BCUT2D eigenvalue weighted by atomic mass is 10.4. The van der Waals surface area contributed by atoms with Gasteiger partial charge in [-0.3, -0.25) is 0 Å². The first kappa shape index (κ1) is 24.6. The minimum atomic E-state index is -0.981. The van der Waals surface area contributed by atoms with Crippen molar-refractivity contribution in [3.8, 4) is 0 Å². The van der Waals surface area contributed by atoms with Crippen molar-refractivity contribution in [2.24, 2.45) is 0 Å². The highest BCUT2D eigenvalue weighted by Gasteiger charge is 1.73. The Morgan fingerprint density at radius 2 is 0.882 bits per heavy atom. The van der Waals surface area contributed by atoms with Gasteiger partial charge in [-0.05, 0) is 41.5 Å². The smallest absolute Gasteiger partial charge is 0.327 e. The fraction of sp³-hybridized carbons (Fsp3) is 0.400. The Morgan fingerprint density at radius 1 is 0.824 bits per heavy atom. The molecule has 0 radical (unpaired) electrons. The van der Waals surface area contributed by atoms with E-state index in [4.69, 9.17) is 5.11 Å². The molecule has 100 valence electrons. The van der Waals surface area contributed by atoms with E-state index in [1.54, 1.807) is 0 Å². The molecule has 2 heteroatoms. The molecule has 0 rings (SSSR count). The van der Waals surface area contributed by atoms with Crippen molar-refractivity contribution in [2.75, 3.05) is 0 Å². The Balaban J connectivity index is -0.0000000667. The van der Waals surface area contributed by atoms with Gasteiger partial charge in [0, 0.05) is 6.08 Å². The molecule has 0 aliphatic carbocycles. The van der Waals surface area contributed by atoms with Crippen LogP contribution < -0.4 is 0 Å². The zero-order chi connectivity index (χ0) is 15.0. The van der Waals surface area contributed by atoms with Crippen molar-refractivity contribution in [2.45, 2.75) is 41.5 Å². The second-order valence-electron chi connectivity index (χ2n) is 4.16. The molecule has 0 amide bonds. The highest BCUT2D eigenvalue weighted by molar-refractivity contribution is 5.78. The Morgan fingerprint density at radius 3 is 0.882 bits per heavy atom. The summed E-state index contributed by atoms with van der Waals surface area (Å²) < 4.78 is 0. The zero-order valence-electron chi connectivity index (χ0n) is 12.3. The van der Waals surface area contributed by atoms with E-state index in [1.165, 1.54) is 16.7 Å². The molecule has 0 unspecified atom stereocenters. The molecule has 2 nitrogen and oxygen atoms in total. The van der Waals surface area contributed by atoms with Crippen LogP contribution in [0.1, 0.15) is 41.5 Å². The Bertz CT molecular complexity index is 207. The van der Waals surface area contributed by atoms with Crippen LogP contribution in [0.5, 0.6) is 0 Å². The summed E-state index contributed by atoms with van der Waals surface area (Å²) in [5.74, 6) is -0.981. The number of carboxylic acids is 1. The average molecular weight is 240 g/mol. The highest BCUT2D eigenvalue weighted by atomic mass is 16.4. The minimum absolute atomic E-state index is 0.833. The fourth-order valence-corrected chi connectivity index (χ4v) is 0. The van der Waals surface area contributed by atoms with E-state index in [2.05, 4.69) is 26.3 Å². The number of carboxylic acid groups (broad SMARTS) is 1. The number of aliphatic carboxylic acids is 1. The van der Waals surface area contributed by atoms with Gasteiger partial charge in [0.1, 0.15) is 0 Å². The monoisotopic (exact) mass is 240 g/mol. The maximum atomic E-state index is 9.25. The summed E-state index contributed by atoms with van der Waals surface area (Å²) in [7, 11) is 0. The molecule has 0 bridgehead atoms. The largest absolute Gasteiger partial charge is 0.478 e. The van der Waals surface area contributed by atoms with Crippen LogP contribution in [0, 0.1) is 0 Å². The SMILES string of the molecule is C=C(C)C.C=C(C)C.C=C(C)C.C=CC(=O)O. The minimum Gasteiger partial charge on any atom is -0.478 e. The Kier molecular flexibility index (Phi) is 28.8. The van der Waals surface area contributed by atoms with E-state index < -0.39 is 5.97 Å². The summed E-state index contributed by atoms with van der Waals surface area (Å²) in [4.78, 5) is 9.25. The van der Waals surface area contributed by atoms with E-state index in [0.717, 1.165) is 6.08 Å². The molecule has 0 heterocycles.